The number of carbonyl (C=O) groups is 1. The van der Waals surface area contributed by atoms with Crippen molar-refractivity contribution in [3.8, 4) is 0 Å². The van der Waals surface area contributed by atoms with Crippen LogP contribution in [0.4, 0.5) is 5.82 Å². The molecule has 1 aliphatic heterocycles. The quantitative estimate of drug-likeness (QED) is 0.671. The fraction of sp³-hybridized carbons (Fsp3) is 0.476. The smallest absolute Gasteiger partial charge is 0.228 e. The molecule has 1 amide bonds. The minimum absolute atomic E-state index is 0.139. The van der Waals surface area contributed by atoms with Crippen molar-refractivity contribution in [2.24, 2.45) is 0 Å². The Morgan fingerprint density at radius 2 is 1.93 bits per heavy atom. The SMILES string of the molecule is COCCCN1C(=O)CCc2c(C)nc(CN(C)Cc3ccccc3)nc21. The fourth-order valence-corrected chi connectivity index (χ4v) is 3.50. The van der Waals surface area contributed by atoms with Gasteiger partial charge in [-0.25, -0.2) is 9.97 Å². The van der Waals surface area contributed by atoms with Gasteiger partial charge in [-0.1, -0.05) is 30.3 Å². The Morgan fingerprint density at radius 3 is 2.67 bits per heavy atom. The van der Waals surface area contributed by atoms with Gasteiger partial charge in [0.2, 0.25) is 5.91 Å². The number of benzene rings is 1. The van der Waals surface area contributed by atoms with Crippen molar-refractivity contribution >= 4 is 11.7 Å². The molecule has 2 heterocycles. The third-order valence-electron chi connectivity index (χ3n) is 4.82. The van der Waals surface area contributed by atoms with Gasteiger partial charge < -0.3 is 4.74 Å². The van der Waals surface area contributed by atoms with E-state index in [1.165, 1.54) is 5.56 Å². The second kappa shape index (κ2) is 9.06. The van der Waals surface area contributed by atoms with Gasteiger partial charge in [-0.15, -0.1) is 0 Å². The van der Waals surface area contributed by atoms with Crippen molar-refractivity contribution in [1.29, 1.82) is 0 Å². The number of rotatable bonds is 8. The van der Waals surface area contributed by atoms with Crippen LogP contribution in [0.2, 0.25) is 0 Å². The molecule has 3 rings (SSSR count). The molecule has 2 aromatic rings. The molecule has 1 aromatic carbocycles. The molecule has 0 fully saturated rings. The molecule has 0 spiro atoms. The van der Waals surface area contributed by atoms with Crippen LogP contribution in [-0.4, -0.2) is 48.1 Å². The van der Waals surface area contributed by atoms with Crippen molar-refractivity contribution in [3.05, 3.63) is 53.0 Å². The first-order chi connectivity index (χ1) is 13.1. The highest BCUT2D eigenvalue weighted by atomic mass is 16.5. The number of aromatic nitrogens is 2. The Balaban J connectivity index is 1.77. The lowest BCUT2D eigenvalue weighted by atomic mass is 10.0. The zero-order valence-corrected chi connectivity index (χ0v) is 16.4. The van der Waals surface area contributed by atoms with Gasteiger partial charge in [-0.3, -0.25) is 14.6 Å². The van der Waals surface area contributed by atoms with Gasteiger partial charge in [-0.2, -0.15) is 0 Å². The number of ether oxygens (including phenoxy) is 1. The monoisotopic (exact) mass is 368 g/mol. The molecule has 144 valence electrons. The average Bonchev–Trinajstić information content (AvgIpc) is 2.64. The van der Waals surface area contributed by atoms with Gasteiger partial charge in [0.05, 0.1) is 6.54 Å². The van der Waals surface area contributed by atoms with Crippen LogP contribution in [-0.2, 0) is 29.0 Å². The molecule has 0 bridgehead atoms. The number of nitrogens with zero attached hydrogens (tertiary/aromatic N) is 4. The number of hydrogen-bond donors (Lipinski definition) is 0. The van der Waals surface area contributed by atoms with Crippen LogP contribution in [0.25, 0.3) is 0 Å². The van der Waals surface area contributed by atoms with Gasteiger partial charge in [-0.05, 0) is 32.4 Å². The summed E-state index contributed by atoms with van der Waals surface area (Å²) in [5.41, 5.74) is 3.33. The summed E-state index contributed by atoms with van der Waals surface area (Å²) in [4.78, 5) is 25.9. The minimum Gasteiger partial charge on any atom is -0.385 e. The first-order valence-electron chi connectivity index (χ1n) is 9.46. The molecule has 27 heavy (non-hydrogen) atoms. The van der Waals surface area contributed by atoms with Crippen molar-refractivity contribution in [2.75, 3.05) is 32.2 Å². The molecule has 0 saturated heterocycles. The van der Waals surface area contributed by atoms with Crippen LogP contribution in [0.15, 0.2) is 30.3 Å². The van der Waals surface area contributed by atoms with E-state index in [0.29, 0.717) is 26.1 Å². The van der Waals surface area contributed by atoms with Gasteiger partial charge in [0.15, 0.2) is 0 Å². The highest BCUT2D eigenvalue weighted by Crippen LogP contribution is 2.28. The van der Waals surface area contributed by atoms with Gasteiger partial charge in [0.25, 0.3) is 0 Å². The summed E-state index contributed by atoms with van der Waals surface area (Å²) in [6.45, 7) is 4.76. The Morgan fingerprint density at radius 1 is 1.15 bits per heavy atom. The standard InChI is InChI=1S/C21H28N4O2/c1-16-18-10-11-20(26)25(12-7-13-27-3)21(18)23-19(22-16)15-24(2)14-17-8-5-4-6-9-17/h4-6,8-9H,7,10-15H2,1-3H3. The summed E-state index contributed by atoms with van der Waals surface area (Å²) >= 11 is 0. The van der Waals surface area contributed by atoms with E-state index in [9.17, 15) is 4.79 Å². The highest BCUT2D eigenvalue weighted by molar-refractivity contribution is 5.95. The molecular formula is C21H28N4O2. The maximum atomic E-state index is 12.5. The van der Waals surface area contributed by atoms with Crippen molar-refractivity contribution < 1.29 is 9.53 Å². The number of carbonyl (C=O) groups excluding carboxylic acids is 1. The summed E-state index contributed by atoms with van der Waals surface area (Å²) in [7, 11) is 3.74. The number of aryl methyl sites for hydroxylation is 1. The molecule has 0 atom stereocenters. The molecule has 0 N–H and O–H groups in total. The first-order valence-corrected chi connectivity index (χ1v) is 9.46. The maximum absolute atomic E-state index is 12.5. The zero-order valence-electron chi connectivity index (χ0n) is 16.4. The maximum Gasteiger partial charge on any atom is 0.228 e. The second-order valence-corrected chi connectivity index (χ2v) is 7.08. The lowest BCUT2D eigenvalue weighted by Gasteiger charge is -2.29. The fourth-order valence-electron chi connectivity index (χ4n) is 3.50. The van der Waals surface area contributed by atoms with Crippen LogP contribution in [0.3, 0.4) is 0 Å². The molecule has 0 saturated carbocycles. The van der Waals surface area contributed by atoms with Crippen LogP contribution < -0.4 is 4.90 Å². The van der Waals surface area contributed by atoms with Crippen LogP contribution in [0.5, 0.6) is 0 Å². The predicted octanol–water partition coefficient (Wildman–Crippen LogP) is 2.73. The molecule has 0 aliphatic carbocycles. The molecular weight excluding hydrogens is 340 g/mol. The first kappa shape index (κ1) is 19.5. The van der Waals surface area contributed by atoms with E-state index in [4.69, 9.17) is 14.7 Å². The van der Waals surface area contributed by atoms with Crippen molar-refractivity contribution in [3.63, 3.8) is 0 Å². The van der Waals surface area contributed by atoms with E-state index >= 15 is 0 Å². The Kier molecular flexibility index (Phi) is 6.53. The summed E-state index contributed by atoms with van der Waals surface area (Å²) in [6.07, 6.45) is 2.05. The number of hydrogen-bond acceptors (Lipinski definition) is 5. The van der Waals surface area contributed by atoms with E-state index in [2.05, 4.69) is 24.1 Å². The van der Waals surface area contributed by atoms with E-state index in [0.717, 1.165) is 42.3 Å². The molecule has 6 heteroatoms. The summed E-state index contributed by atoms with van der Waals surface area (Å²) in [5, 5.41) is 0. The highest BCUT2D eigenvalue weighted by Gasteiger charge is 2.27. The minimum atomic E-state index is 0.139. The van der Waals surface area contributed by atoms with Gasteiger partial charge >= 0.3 is 0 Å². The predicted molar refractivity (Wildman–Crippen MR) is 106 cm³/mol. The largest absolute Gasteiger partial charge is 0.385 e. The normalized spacial score (nSPS) is 13.9. The van der Waals surface area contributed by atoms with Crippen LogP contribution >= 0.6 is 0 Å². The second-order valence-electron chi connectivity index (χ2n) is 7.08. The topological polar surface area (TPSA) is 58.6 Å². The van der Waals surface area contributed by atoms with Gasteiger partial charge in [0, 0.05) is 44.5 Å². The molecule has 6 nitrogen and oxygen atoms in total. The average molecular weight is 368 g/mol. The van der Waals surface area contributed by atoms with Crippen LogP contribution in [0, 0.1) is 6.92 Å². The van der Waals surface area contributed by atoms with E-state index in [1.807, 2.05) is 30.0 Å². The number of amides is 1. The zero-order chi connectivity index (χ0) is 19.2. The number of fused-ring (bicyclic) bond motifs is 1. The van der Waals surface area contributed by atoms with E-state index in [-0.39, 0.29) is 5.91 Å². The van der Waals surface area contributed by atoms with E-state index in [1.54, 1.807) is 7.11 Å². The third kappa shape index (κ3) is 4.90. The summed E-state index contributed by atoms with van der Waals surface area (Å²) in [6, 6.07) is 10.4. The lowest BCUT2D eigenvalue weighted by molar-refractivity contribution is -0.119. The summed E-state index contributed by atoms with van der Waals surface area (Å²) in [5.74, 6) is 1.69. The van der Waals surface area contributed by atoms with Crippen molar-refractivity contribution in [2.45, 2.75) is 39.3 Å². The van der Waals surface area contributed by atoms with E-state index < -0.39 is 0 Å². The molecule has 0 unspecified atom stereocenters. The molecule has 0 radical (unpaired) electrons. The Bertz CT molecular complexity index is 779. The molecule has 1 aliphatic rings. The van der Waals surface area contributed by atoms with Crippen LogP contribution in [0.1, 0.15) is 35.5 Å². The molecule has 1 aromatic heterocycles. The summed E-state index contributed by atoms with van der Waals surface area (Å²) < 4.78 is 5.14. The number of anilines is 1. The van der Waals surface area contributed by atoms with Gasteiger partial charge in [0.1, 0.15) is 11.6 Å². The Labute approximate surface area is 161 Å². The Hall–Kier alpha value is -2.31. The lowest BCUT2D eigenvalue weighted by Crippen LogP contribution is -2.38. The number of methoxy groups -OCH3 is 1. The third-order valence-corrected chi connectivity index (χ3v) is 4.82. The van der Waals surface area contributed by atoms with Crippen molar-refractivity contribution in [1.82, 2.24) is 14.9 Å².